The Bertz CT molecular complexity index is 1450. The number of nitrogens with zero attached hydrogens (tertiary/aromatic N) is 1. The van der Waals surface area contributed by atoms with Crippen molar-refractivity contribution < 1.29 is 23.9 Å². The Balaban J connectivity index is 1.47. The summed E-state index contributed by atoms with van der Waals surface area (Å²) >= 11 is 9.29. The number of urea groups is 1. The van der Waals surface area contributed by atoms with Gasteiger partial charge in [-0.2, -0.15) is 0 Å². The van der Waals surface area contributed by atoms with Crippen LogP contribution >= 0.6 is 27.5 Å². The van der Waals surface area contributed by atoms with Crippen LogP contribution < -0.4 is 20.3 Å². The fraction of sp³-hybridized carbons (Fsp3) is 0.111. The topological polar surface area (TPSA) is 105 Å². The molecule has 1 fully saturated rings. The lowest BCUT2D eigenvalue weighted by Gasteiger charge is -2.26. The summed E-state index contributed by atoms with van der Waals surface area (Å²) in [6, 6.07) is 15.8. The summed E-state index contributed by atoms with van der Waals surface area (Å²) in [5.74, 6) is -1.49. The maximum Gasteiger partial charge on any atom is 0.335 e. The number of rotatable bonds is 6. The predicted octanol–water partition coefficient (Wildman–Crippen LogP) is 5.40. The molecule has 2 N–H and O–H groups in total. The minimum atomic E-state index is -0.849. The van der Waals surface area contributed by atoms with Crippen LogP contribution in [0.4, 0.5) is 16.2 Å². The Hall–Kier alpha value is -3.95. The van der Waals surface area contributed by atoms with E-state index in [0.29, 0.717) is 20.8 Å². The van der Waals surface area contributed by atoms with Crippen LogP contribution in [-0.2, 0) is 14.4 Å². The van der Waals surface area contributed by atoms with E-state index >= 15 is 0 Å². The molecular formula is C27H21BrClN3O5. The third-order valence-electron chi connectivity index (χ3n) is 5.69. The number of aryl methyl sites for hydroxylation is 1. The first kappa shape index (κ1) is 26.1. The Morgan fingerprint density at radius 3 is 2.51 bits per heavy atom. The van der Waals surface area contributed by atoms with Gasteiger partial charge in [0.05, 0.1) is 10.2 Å². The highest BCUT2D eigenvalue weighted by Gasteiger charge is 2.36. The largest absolute Gasteiger partial charge is 0.483 e. The molecule has 0 saturated carbocycles. The maximum absolute atomic E-state index is 13.0. The molecule has 8 nitrogen and oxygen atoms in total. The van der Waals surface area contributed by atoms with Gasteiger partial charge in [-0.25, -0.2) is 9.69 Å². The summed E-state index contributed by atoms with van der Waals surface area (Å²) < 4.78 is 6.15. The predicted molar refractivity (Wildman–Crippen MR) is 145 cm³/mol. The number of barbiturate groups is 1. The second kappa shape index (κ2) is 11.0. The molecule has 1 aliphatic heterocycles. The average molecular weight is 583 g/mol. The van der Waals surface area contributed by atoms with Crippen molar-refractivity contribution in [1.29, 1.82) is 0 Å². The van der Waals surface area contributed by atoms with Crippen molar-refractivity contribution in [3.05, 3.63) is 92.4 Å². The van der Waals surface area contributed by atoms with Crippen LogP contribution in [0.5, 0.6) is 5.75 Å². The fourth-order valence-corrected chi connectivity index (χ4v) is 4.23. The molecule has 3 aromatic rings. The van der Waals surface area contributed by atoms with Crippen molar-refractivity contribution in [2.24, 2.45) is 0 Å². The lowest BCUT2D eigenvalue weighted by atomic mass is 10.1. The molecule has 0 radical (unpaired) electrons. The van der Waals surface area contributed by atoms with Crippen molar-refractivity contribution in [1.82, 2.24) is 5.32 Å². The van der Waals surface area contributed by atoms with E-state index in [1.807, 2.05) is 32.0 Å². The highest BCUT2D eigenvalue weighted by atomic mass is 79.9. The Labute approximate surface area is 226 Å². The van der Waals surface area contributed by atoms with Crippen LogP contribution in [0.2, 0.25) is 5.02 Å². The van der Waals surface area contributed by atoms with E-state index in [-0.39, 0.29) is 23.8 Å². The zero-order chi connectivity index (χ0) is 26.7. The van der Waals surface area contributed by atoms with Gasteiger partial charge in [0.2, 0.25) is 0 Å². The number of hydrogen-bond acceptors (Lipinski definition) is 5. The molecule has 0 unspecified atom stereocenters. The van der Waals surface area contributed by atoms with Crippen LogP contribution in [-0.4, -0.2) is 30.4 Å². The van der Waals surface area contributed by atoms with Gasteiger partial charge in [0.25, 0.3) is 17.7 Å². The molecule has 3 aromatic carbocycles. The van der Waals surface area contributed by atoms with E-state index in [4.69, 9.17) is 16.3 Å². The van der Waals surface area contributed by atoms with Crippen molar-refractivity contribution >= 4 is 68.7 Å². The van der Waals surface area contributed by atoms with Gasteiger partial charge in [-0.15, -0.1) is 0 Å². The van der Waals surface area contributed by atoms with Gasteiger partial charge in [-0.05, 0) is 95.0 Å². The third kappa shape index (κ3) is 5.90. The highest BCUT2D eigenvalue weighted by molar-refractivity contribution is 9.10. The lowest BCUT2D eigenvalue weighted by Crippen LogP contribution is -2.54. The zero-order valence-corrected chi connectivity index (χ0v) is 22.1. The summed E-state index contributed by atoms with van der Waals surface area (Å²) in [4.78, 5) is 51.0. The zero-order valence-electron chi connectivity index (χ0n) is 19.8. The second-order valence-electron chi connectivity index (χ2n) is 8.21. The number of imide groups is 2. The van der Waals surface area contributed by atoms with E-state index in [9.17, 15) is 19.2 Å². The molecule has 0 atom stereocenters. The van der Waals surface area contributed by atoms with Crippen molar-refractivity contribution in [3.8, 4) is 5.75 Å². The lowest BCUT2D eigenvalue weighted by molar-refractivity contribution is -0.122. The van der Waals surface area contributed by atoms with E-state index in [1.54, 1.807) is 18.2 Å². The monoisotopic (exact) mass is 581 g/mol. The molecule has 4 rings (SSSR count). The van der Waals surface area contributed by atoms with Gasteiger partial charge in [0.1, 0.15) is 11.3 Å². The van der Waals surface area contributed by atoms with E-state index in [0.717, 1.165) is 21.7 Å². The second-order valence-corrected chi connectivity index (χ2v) is 9.50. The van der Waals surface area contributed by atoms with Gasteiger partial charge >= 0.3 is 6.03 Å². The summed E-state index contributed by atoms with van der Waals surface area (Å²) in [6.45, 7) is 3.68. The first-order valence-corrected chi connectivity index (χ1v) is 12.3. The van der Waals surface area contributed by atoms with Gasteiger partial charge in [-0.3, -0.25) is 19.7 Å². The van der Waals surface area contributed by atoms with Gasteiger partial charge in [-0.1, -0.05) is 29.8 Å². The molecule has 0 bridgehead atoms. The van der Waals surface area contributed by atoms with E-state index in [2.05, 4.69) is 26.6 Å². The minimum absolute atomic E-state index is 0.217. The molecule has 1 aliphatic rings. The van der Waals surface area contributed by atoms with Crippen LogP contribution in [0.3, 0.4) is 0 Å². The number of ether oxygens (including phenoxy) is 1. The van der Waals surface area contributed by atoms with Crippen LogP contribution in [0.1, 0.15) is 16.7 Å². The molecule has 0 spiro atoms. The summed E-state index contributed by atoms with van der Waals surface area (Å²) in [7, 11) is 0. The number of hydrogen-bond donors (Lipinski definition) is 2. The van der Waals surface area contributed by atoms with E-state index < -0.39 is 17.8 Å². The van der Waals surface area contributed by atoms with Crippen LogP contribution in [0.15, 0.2) is 70.7 Å². The Morgan fingerprint density at radius 1 is 1.08 bits per heavy atom. The number of carbonyl (C=O) groups is 4. The summed E-state index contributed by atoms with van der Waals surface area (Å²) in [5.41, 5.74) is 3.32. The number of halogens is 2. The number of anilines is 2. The Morgan fingerprint density at radius 2 is 1.81 bits per heavy atom. The maximum atomic E-state index is 13.0. The average Bonchev–Trinajstić information content (AvgIpc) is 2.85. The SMILES string of the molecule is Cc1cccc(NC(=O)COc2ccc(/C=C3/C(=O)NC(=O)N(c4ccc(Cl)cc4)C3=O)cc2Br)c1C. The number of benzene rings is 3. The molecule has 37 heavy (non-hydrogen) atoms. The van der Waals surface area contributed by atoms with Crippen molar-refractivity contribution in [2.45, 2.75) is 13.8 Å². The molecular weight excluding hydrogens is 562 g/mol. The van der Waals surface area contributed by atoms with Gasteiger partial charge < -0.3 is 10.1 Å². The number of amides is 5. The standard InChI is InChI=1S/C27H21BrClN3O5/c1-15-4-3-5-22(16(15)2)30-24(33)14-37-23-11-6-17(13-21(23)28)12-20-25(34)31-27(36)32(26(20)35)19-9-7-18(29)8-10-19/h3-13H,14H2,1-2H3,(H,30,33)(H,31,34,36)/b20-12-. The first-order valence-electron chi connectivity index (χ1n) is 11.1. The summed E-state index contributed by atoms with van der Waals surface area (Å²) in [6.07, 6.45) is 1.37. The number of carbonyl (C=O) groups excluding carboxylic acids is 4. The molecule has 0 aromatic heterocycles. The number of nitrogens with one attached hydrogen (secondary N) is 2. The quantitative estimate of drug-likeness (QED) is 0.299. The molecule has 188 valence electrons. The normalized spacial score (nSPS) is 14.5. The smallest absolute Gasteiger partial charge is 0.335 e. The first-order chi connectivity index (χ1) is 17.6. The molecule has 1 heterocycles. The van der Waals surface area contributed by atoms with Crippen LogP contribution in [0, 0.1) is 13.8 Å². The Kier molecular flexibility index (Phi) is 7.75. The van der Waals surface area contributed by atoms with Gasteiger partial charge in [0, 0.05) is 10.7 Å². The molecule has 10 heteroatoms. The molecule has 1 saturated heterocycles. The third-order valence-corrected chi connectivity index (χ3v) is 6.56. The summed E-state index contributed by atoms with van der Waals surface area (Å²) in [5, 5.41) is 5.44. The van der Waals surface area contributed by atoms with E-state index in [1.165, 1.54) is 30.3 Å². The molecule has 0 aliphatic carbocycles. The van der Waals surface area contributed by atoms with Crippen molar-refractivity contribution in [2.75, 3.05) is 16.8 Å². The fourth-order valence-electron chi connectivity index (χ4n) is 3.59. The minimum Gasteiger partial charge on any atom is -0.483 e. The highest BCUT2D eigenvalue weighted by Crippen LogP contribution is 2.29. The molecule has 5 amide bonds. The van der Waals surface area contributed by atoms with Crippen LogP contribution in [0.25, 0.3) is 6.08 Å². The van der Waals surface area contributed by atoms with Gasteiger partial charge in [0.15, 0.2) is 6.61 Å². The van der Waals surface area contributed by atoms with Crippen molar-refractivity contribution in [3.63, 3.8) is 0 Å².